The van der Waals surface area contributed by atoms with Crippen LogP contribution in [0.1, 0.15) is 13.3 Å². The topological polar surface area (TPSA) is 325 Å². The minimum atomic E-state index is -1.26. The van der Waals surface area contributed by atoms with Gasteiger partial charge in [0.25, 0.3) is 0 Å². The van der Waals surface area contributed by atoms with Crippen molar-refractivity contribution in [2.45, 2.75) is 34.1 Å². The summed E-state index contributed by atoms with van der Waals surface area (Å²) in [7, 11) is 0. The molecule has 0 aromatic heterocycles. The van der Waals surface area contributed by atoms with Crippen molar-refractivity contribution in [3.63, 3.8) is 0 Å². The number of hydrogen-bond acceptors (Lipinski definition) is 18. The first kappa shape index (κ1) is 50.1. The number of nitrogens with two attached hydrogens (primary N) is 6. The lowest BCUT2D eigenvalue weighted by molar-refractivity contribution is -0.129. The van der Waals surface area contributed by atoms with Crippen LogP contribution in [0.2, 0.25) is 0 Å². The molecule has 1 atom stereocenters. The number of carbonyl (C=O) groups is 2. The minimum absolute atomic E-state index is 0.0240. The van der Waals surface area contributed by atoms with Gasteiger partial charge in [0, 0.05) is 63.8 Å². The van der Waals surface area contributed by atoms with Crippen LogP contribution in [-0.4, -0.2) is 75.5 Å². The molecule has 17 nitrogen and oxygen atoms in total. The predicted molar refractivity (Wildman–Crippen MR) is 255 cm³/mol. The number of anilines is 6. The molecular formula is C42H50N8O9S3. The maximum absolute atomic E-state index is 10.9. The number of ether oxygens (including phenoxy) is 2. The number of aliphatic carboxylic acids is 1. The van der Waals surface area contributed by atoms with Crippen LogP contribution < -0.4 is 48.9 Å². The van der Waals surface area contributed by atoms with Gasteiger partial charge >= 0.3 is 5.97 Å². The SMILES string of the molecule is CC(N)/C(=N\N(C=O)c1ccc(S)cc1)C(=O)O.Nc1cc(OCCCO)c(N)cc1OCCO.Nc1ccc2c(O)c(N)c(SO)cc2c1.Nc1ccc2ccccc2c1S. The summed E-state index contributed by atoms with van der Waals surface area (Å²) >= 11 is 8.95. The number of benzene rings is 6. The molecular weight excluding hydrogens is 857 g/mol. The molecule has 0 aliphatic rings. The number of aliphatic hydroxyl groups is 2. The molecule has 0 heterocycles. The maximum atomic E-state index is 10.9. The highest BCUT2D eigenvalue weighted by Crippen LogP contribution is 2.38. The average molecular weight is 907 g/mol. The van der Waals surface area contributed by atoms with E-state index in [1.165, 1.54) is 12.3 Å². The first-order valence-corrected chi connectivity index (χ1v) is 20.1. The van der Waals surface area contributed by atoms with Gasteiger partial charge in [0.1, 0.15) is 23.9 Å². The third-order valence-corrected chi connectivity index (χ3v) is 9.63. The normalized spacial score (nSPS) is 11.2. The van der Waals surface area contributed by atoms with Crippen molar-refractivity contribution in [2.75, 3.05) is 60.1 Å². The molecule has 6 aromatic carbocycles. The molecule has 0 radical (unpaired) electrons. The minimum Gasteiger partial charge on any atom is -0.505 e. The number of fused-ring (bicyclic) bond motifs is 2. The van der Waals surface area contributed by atoms with Gasteiger partial charge in [-0.15, -0.1) is 25.3 Å². The number of hydrazone groups is 1. The van der Waals surface area contributed by atoms with Gasteiger partial charge in [0.2, 0.25) is 6.41 Å². The van der Waals surface area contributed by atoms with E-state index in [-0.39, 0.29) is 37.0 Å². The number of hydrogen-bond donors (Lipinski definition) is 13. The van der Waals surface area contributed by atoms with Crippen molar-refractivity contribution in [2.24, 2.45) is 10.8 Å². The van der Waals surface area contributed by atoms with Crippen molar-refractivity contribution >= 4 is 111 Å². The van der Waals surface area contributed by atoms with Gasteiger partial charge in [-0.1, -0.05) is 30.3 Å². The van der Waals surface area contributed by atoms with Crippen molar-refractivity contribution in [1.82, 2.24) is 0 Å². The zero-order chi connectivity index (χ0) is 45.9. The second kappa shape index (κ2) is 24.9. The summed E-state index contributed by atoms with van der Waals surface area (Å²) in [6.45, 7) is 1.99. The number of thiol groups is 2. The Balaban J connectivity index is 0.000000222. The summed E-state index contributed by atoms with van der Waals surface area (Å²) < 4.78 is 19.5. The number of carboxylic acid groups (broad SMARTS) is 1. The second-order valence-electron chi connectivity index (χ2n) is 12.9. The van der Waals surface area contributed by atoms with Crippen molar-refractivity contribution in [3.05, 3.63) is 97.1 Å². The summed E-state index contributed by atoms with van der Waals surface area (Å²) in [4.78, 5) is 23.9. The number of carboxylic acids is 1. The largest absolute Gasteiger partial charge is 0.505 e. The van der Waals surface area contributed by atoms with E-state index in [0.29, 0.717) is 76.0 Å². The average Bonchev–Trinajstić information content (AvgIpc) is 3.25. The number of phenolic OH excluding ortho intramolecular Hbond substituents is 1. The summed E-state index contributed by atoms with van der Waals surface area (Å²) in [5.41, 5.74) is 36.4. The lowest BCUT2D eigenvalue weighted by atomic mass is 10.1. The Hall–Kier alpha value is -6.26. The fraction of sp³-hybridized carbons (Fsp3) is 0.167. The summed E-state index contributed by atoms with van der Waals surface area (Å²) in [5, 5.41) is 44.3. The van der Waals surface area contributed by atoms with E-state index >= 15 is 0 Å². The molecule has 17 N–H and O–H groups in total. The van der Waals surface area contributed by atoms with Gasteiger partial charge in [0.15, 0.2) is 5.71 Å². The molecule has 1 unspecified atom stereocenters. The highest BCUT2D eigenvalue weighted by atomic mass is 32.2. The van der Waals surface area contributed by atoms with Crippen LogP contribution >= 0.6 is 37.3 Å². The molecule has 6 aromatic rings. The molecule has 1 amide bonds. The quantitative estimate of drug-likeness (QED) is 0.00967. The van der Waals surface area contributed by atoms with Crippen molar-refractivity contribution in [1.29, 1.82) is 0 Å². The van der Waals surface area contributed by atoms with Crippen LogP contribution in [0.4, 0.5) is 34.1 Å². The van der Waals surface area contributed by atoms with E-state index in [1.54, 1.807) is 60.7 Å². The maximum Gasteiger partial charge on any atom is 0.353 e. The molecule has 0 saturated carbocycles. The fourth-order valence-electron chi connectivity index (χ4n) is 5.18. The number of nitrogens with zero attached hydrogens (tertiary/aromatic N) is 2. The van der Waals surface area contributed by atoms with E-state index in [1.807, 2.05) is 30.3 Å². The van der Waals surface area contributed by atoms with E-state index in [2.05, 4.69) is 36.4 Å². The predicted octanol–water partition coefficient (Wildman–Crippen LogP) is 5.69. The number of rotatable bonds is 13. The standard InChI is InChI=1S/C11H13N3O3S.C11H18N2O4.C10H10N2O2S.C10H9NS/c1-7(12)10(11(16)17)13-14(6-15)8-2-4-9(18)5-3-8;12-8-7-11(17-5-3-15)9(13)6-10(8)16-4-1-2-14;11-6-1-2-7-5(3-6)4-8(15-14)9(12)10(7)13;11-9-6-5-7-3-1-2-4-8(7)10(9)12/h2-7,18H,12H2,1H3,(H,16,17);6-7,14-15H,1-5,12-13H2;1-4,13-14H,11-12H2;1-6,12H,11H2/b13-10+;;;. The van der Waals surface area contributed by atoms with Crippen LogP contribution in [0.25, 0.3) is 21.5 Å². The summed E-state index contributed by atoms with van der Waals surface area (Å²) in [5.74, 6) is -0.398. The number of aromatic hydroxyl groups is 1. The van der Waals surface area contributed by atoms with E-state index in [9.17, 15) is 14.7 Å². The number of aliphatic hydroxyl groups excluding tert-OH is 2. The fourth-order valence-corrected chi connectivity index (χ4v) is 5.98. The third-order valence-electron chi connectivity index (χ3n) is 8.30. The molecule has 0 bridgehead atoms. The smallest absolute Gasteiger partial charge is 0.353 e. The highest BCUT2D eigenvalue weighted by molar-refractivity contribution is 7.94. The van der Waals surface area contributed by atoms with Crippen LogP contribution in [0.15, 0.2) is 117 Å². The molecule has 20 heteroatoms. The van der Waals surface area contributed by atoms with E-state index < -0.39 is 12.0 Å². The monoisotopic (exact) mass is 906 g/mol. The molecule has 62 heavy (non-hydrogen) atoms. The van der Waals surface area contributed by atoms with E-state index in [4.69, 9.17) is 63.7 Å². The first-order valence-electron chi connectivity index (χ1n) is 18.4. The molecule has 6 rings (SSSR count). The van der Waals surface area contributed by atoms with Crippen LogP contribution in [0, 0.1) is 0 Å². The number of carbonyl (C=O) groups excluding carboxylic acids is 1. The summed E-state index contributed by atoms with van der Waals surface area (Å²) in [6.07, 6.45) is 0.945. The Bertz CT molecular complexity index is 2460. The first-order chi connectivity index (χ1) is 29.6. The van der Waals surface area contributed by atoms with Crippen LogP contribution in [0.5, 0.6) is 17.2 Å². The molecule has 0 aliphatic carbocycles. The lowest BCUT2D eigenvalue weighted by Crippen LogP contribution is -2.35. The van der Waals surface area contributed by atoms with Gasteiger partial charge in [-0.25, -0.2) is 9.80 Å². The van der Waals surface area contributed by atoms with Crippen LogP contribution in [-0.2, 0) is 9.59 Å². The molecule has 0 fully saturated rings. The Morgan fingerprint density at radius 3 is 2.00 bits per heavy atom. The van der Waals surface area contributed by atoms with Gasteiger partial charge in [0.05, 0.1) is 46.9 Å². The van der Waals surface area contributed by atoms with Gasteiger partial charge in [-0.2, -0.15) is 5.10 Å². The Labute approximate surface area is 372 Å². The zero-order valence-corrected chi connectivity index (χ0v) is 36.1. The zero-order valence-electron chi connectivity index (χ0n) is 33.5. The third kappa shape index (κ3) is 14.4. The molecule has 330 valence electrons. The Kier molecular flexibility index (Phi) is 20.1. The van der Waals surface area contributed by atoms with E-state index in [0.717, 1.165) is 31.3 Å². The number of amides is 1. The van der Waals surface area contributed by atoms with Crippen LogP contribution in [0.3, 0.4) is 0 Å². The lowest BCUT2D eigenvalue weighted by Gasteiger charge is -2.14. The van der Waals surface area contributed by atoms with Crippen molar-refractivity contribution < 1.29 is 44.0 Å². The van der Waals surface area contributed by atoms with Gasteiger partial charge in [-0.05, 0) is 77.7 Å². The molecule has 0 aliphatic heterocycles. The van der Waals surface area contributed by atoms with Gasteiger partial charge in [-0.3, -0.25) is 4.79 Å². The molecule has 0 saturated heterocycles. The Morgan fingerprint density at radius 2 is 1.44 bits per heavy atom. The highest BCUT2D eigenvalue weighted by Gasteiger charge is 2.17. The van der Waals surface area contributed by atoms with Crippen molar-refractivity contribution in [3.8, 4) is 17.2 Å². The number of nitrogen functional groups attached to an aromatic ring is 5. The second-order valence-corrected chi connectivity index (χ2v) is 14.5. The molecule has 0 spiro atoms. The van der Waals surface area contributed by atoms with Gasteiger partial charge < -0.3 is 68.9 Å². The number of phenols is 1. The summed E-state index contributed by atoms with van der Waals surface area (Å²) in [6, 6.07) is 27.6. The Morgan fingerprint density at radius 1 is 0.806 bits per heavy atom.